The van der Waals surface area contributed by atoms with Gasteiger partial charge in [0.15, 0.2) is 0 Å². The number of alkyl halides is 1. The van der Waals surface area contributed by atoms with E-state index in [1.165, 1.54) is 0 Å². The van der Waals surface area contributed by atoms with Crippen LogP contribution in [0, 0.1) is 0 Å². The SMILES string of the molecule is CCCc1cc(N2CCOCC2CCl)ncn1. The number of morpholine rings is 1. The van der Waals surface area contributed by atoms with Gasteiger partial charge in [0.2, 0.25) is 0 Å². The predicted molar refractivity (Wildman–Crippen MR) is 68.7 cm³/mol. The van der Waals surface area contributed by atoms with Gasteiger partial charge in [-0.2, -0.15) is 0 Å². The molecule has 94 valence electrons. The summed E-state index contributed by atoms with van der Waals surface area (Å²) in [7, 11) is 0. The van der Waals surface area contributed by atoms with E-state index < -0.39 is 0 Å². The number of hydrogen-bond donors (Lipinski definition) is 0. The lowest BCUT2D eigenvalue weighted by Crippen LogP contribution is -2.47. The molecule has 17 heavy (non-hydrogen) atoms. The first kappa shape index (κ1) is 12.6. The molecule has 0 radical (unpaired) electrons. The molecule has 0 aliphatic carbocycles. The van der Waals surface area contributed by atoms with Gasteiger partial charge < -0.3 is 9.64 Å². The summed E-state index contributed by atoms with van der Waals surface area (Å²) in [5.74, 6) is 1.53. The van der Waals surface area contributed by atoms with Crippen LogP contribution in [0.15, 0.2) is 12.4 Å². The second-order valence-corrected chi connectivity index (χ2v) is 4.50. The fourth-order valence-electron chi connectivity index (χ4n) is 2.02. The van der Waals surface area contributed by atoms with Gasteiger partial charge in [0.05, 0.1) is 19.3 Å². The van der Waals surface area contributed by atoms with E-state index in [0.717, 1.165) is 37.5 Å². The van der Waals surface area contributed by atoms with Crippen LogP contribution in [0.1, 0.15) is 19.0 Å². The van der Waals surface area contributed by atoms with E-state index in [9.17, 15) is 0 Å². The molecule has 2 rings (SSSR count). The molecule has 0 bridgehead atoms. The molecule has 1 fully saturated rings. The fraction of sp³-hybridized carbons (Fsp3) is 0.667. The van der Waals surface area contributed by atoms with E-state index >= 15 is 0 Å². The van der Waals surface area contributed by atoms with Gasteiger partial charge in [-0.05, 0) is 6.42 Å². The minimum absolute atomic E-state index is 0.217. The molecule has 5 heteroatoms. The fourth-order valence-corrected chi connectivity index (χ4v) is 2.28. The molecule has 4 nitrogen and oxygen atoms in total. The van der Waals surface area contributed by atoms with Crippen LogP contribution in [0.25, 0.3) is 0 Å². The van der Waals surface area contributed by atoms with Crippen LogP contribution >= 0.6 is 11.6 Å². The highest BCUT2D eigenvalue weighted by Gasteiger charge is 2.23. The van der Waals surface area contributed by atoms with E-state index in [2.05, 4.69) is 27.9 Å². The summed E-state index contributed by atoms with van der Waals surface area (Å²) in [5, 5.41) is 0. The topological polar surface area (TPSA) is 38.2 Å². The highest BCUT2D eigenvalue weighted by atomic mass is 35.5. The predicted octanol–water partition coefficient (Wildman–Crippen LogP) is 1.87. The van der Waals surface area contributed by atoms with Crippen LogP contribution in [0.2, 0.25) is 0 Å². The molecule has 1 aromatic heterocycles. The Bertz CT molecular complexity index is 361. The molecule has 0 saturated carbocycles. The normalized spacial score (nSPS) is 20.6. The number of ether oxygens (including phenoxy) is 1. The molecule has 2 heterocycles. The summed E-state index contributed by atoms with van der Waals surface area (Å²) in [4.78, 5) is 10.8. The Hall–Kier alpha value is -0.870. The number of anilines is 1. The van der Waals surface area contributed by atoms with E-state index in [-0.39, 0.29) is 6.04 Å². The van der Waals surface area contributed by atoms with Crippen LogP contribution in [-0.4, -0.2) is 41.6 Å². The smallest absolute Gasteiger partial charge is 0.132 e. The zero-order chi connectivity index (χ0) is 12.1. The first-order valence-corrected chi connectivity index (χ1v) is 6.60. The molecule has 0 amide bonds. The first-order chi connectivity index (χ1) is 8.35. The average Bonchev–Trinajstić information content (AvgIpc) is 2.39. The highest BCUT2D eigenvalue weighted by Crippen LogP contribution is 2.18. The molecule has 0 N–H and O–H groups in total. The molecule has 1 aliphatic heterocycles. The van der Waals surface area contributed by atoms with Crippen molar-refractivity contribution >= 4 is 17.4 Å². The lowest BCUT2D eigenvalue weighted by molar-refractivity contribution is 0.0993. The third-order valence-electron chi connectivity index (χ3n) is 2.92. The van der Waals surface area contributed by atoms with Crippen molar-refractivity contribution in [2.45, 2.75) is 25.8 Å². The number of nitrogens with zero attached hydrogens (tertiary/aromatic N) is 3. The van der Waals surface area contributed by atoms with Crippen LogP contribution < -0.4 is 4.90 Å². The van der Waals surface area contributed by atoms with Crippen molar-refractivity contribution in [3.8, 4) is 0 Å². The molecule has 1 aliphatic rings. The molecule has 0 aromatic carbocycles. The van der Waals surface area contributed by atoms with Crippen molar-refractivity contribution in [3.63, 3.8) is 0 Å². The molecule has 0 spiro atoms. The standard InChI is InChI=1S/C12H18ClN3O/c1-2-3-10-6-12(15-9-14-10)16-4-5-17-8-11(16)7-13/h6,9,11H,2-5,7-8H2,1H3. The minimum Gasteiger partial charge on any atom is -0.377 e. The van der Waals surface area contributed by atoms with E-state index in [4.69, 9.17) is 16.3 Å². The maximum atomic E-state index is 5.96. The number of halogens is 1. The van der Waals surface area contributed by atoms with E-state index in [1.807, 2.05) is 0 Å². The van der Waals surface area contributed by atoms with Crippen molar-refractivity contribution in [1.29, 1.82) is 0 Å². The van der Waals surface area contributed by atoms with Crippen molar-refractivity contribution in [3.05, 3.63) is 18.1 Å². The Balaban J connectivity index is 2.16. The van der Waals surface area contributed by atoms with E-state index in [0.29, 0.717) is 12.5 Å². The summed E-state index contributed by atoms with van der Waals surface area (Å²) in [5.41, 5.74) is 1.09. The summed E-state index contributed by atoms with van der Waals surface area (Å²) >= 11 is 5.96. The molecular weight excluding hydrogens is 238 g/mol. The second kappa shape index (κ2) is 6.17. The Labute approximate surface area is 107 Å². The maximum absolute atomic E-state index is 5.96. The van der Waals surface area contributed by atoms with Crippen LogP contribution in [0.5, 0.6) is 0 Å². The molecule has 1 unspecified atom stereocenters. The summed E-state index contributed by atoms with van der Waals surface area (Å²) < 4.78 is 5.43. The Morgan fingerprint density at radius 1 is 1.53 bits per heavy atom. The quantitative estimate of drug-likeness (QED) is 0.770. The summed E-state index contributed by atoms with van der Waals surface area (Å²) in [6, 6.07) is 2.28. The van der Waals surface area contributed by atoms with Gasteiger partial charge in [-0.1, -0.05) is 13.3 Å². The number of aromatic nitrogens is 2. The van der Waals surface area contributed by atoms with Crippen molar-refractivity contribution in [1.82, 2.24) is 9.97 Å². The summed E-state index contributed by atoms with van der Waals surface area (Å²) in [6.07, 6.45) is 3.73. The molecule has 1 atom stereocenters. The van der Waals surface area contributed by atoms with Gasteiger partial charge in [-0.3, -0.25) is 0 Å². The number of hydrogen-bond acceptors (Lipinski definition) is 4. The lowest BCUT2D eigenvalue weighted by atomic mass is 10.2. The van der Waals surface area contributed by atoms with Gasteiger partial charge in [-0.15, -0.1) is 11.6 Å². The Morgan fingerprint density at radius 2 is 2.41 bits per heavy atom. The second-order valence-electron chi connectivity index (χ2n) is 4.19. The Morgan fingerprint density at radius 3 is 3.18 bits per heavy atom. The van der Waals surface area contributed by atoms with E-state index in [1.54, 1.807) is 6.33 Å². The lowest BCUT2D eigenvalue weighted by Gasteiger charge is -2.35. The Kier molecular flexibility index (Phi) is 4.57. The van der Waals surface area contributed by atoms with Crippen molar-refractivity contribution < 1.29 is 4.74 Å². The minimum atomic E-state index is 0.217. The summed E-state index contributed by atoms with van der Waals surface area (Å²) in [6.45, 7) is 4.41. The third-order valence-corrected chi connectivity index (χ3v) is 3.27. The van der Waals surface area contributed by atoms with Crippen molar-refractivity contribution in [2.75, 3.05) is 30.5 Å². The molecular formula is C12H18ClN3O. The first-order valence-electron chi connectivity index (χ1n) is 6.06. The zero-order valence-electron chi connectivity index (χ0n) is 10.1. The van der Waals surface area contributed by atoms with Gasteiger partial charge in [-0.25, -0.2) is 9.97 Å². The van der Waals surface area contributed by atoms with Gasteiger partial charge in [0, 0.05) is 24.2 Å². The maximum Gasteiger partial charge on any atom is 0.132 e. The van der Waals surface area contributed by atoms with Crippen molar-refractivity contribution in [2.24, 2.45) is 0 Å². The van der Waals surface area contributed by atoms with Crippen LogP contribution in [0.4, 0.5) is 5.82 Å². The van der Waals surface area contributed by atoms with Crippen LogP contribution in [-0.2, 0) is 11.2 Å². The van der Waals surface area contributed by atoms with Crippen LogP contribution in [0.3, 0.4) is 0 Å². The van der Waals surface area contributed by atoms with Gasteiger partial charge in [0.25, 0.3) is 0 Å². The third kappa shape index (κ3) is 3.07. The number of aryl methyl sites for hydroxylation is 1. The molecule has 1 saturated heterocycles. The number of rotatable bonds is 4. The van der Waals surface area contributed by atoms with Gasteiger partial charge in [0.1, 0.15) is 12.1 Å². The highest BCUT2D eigenvalue weighted by molar-refractivity contribution is 6.18. The van der Waals surface area contributed by atoms with Gasteiger partial charge >= 0.3 is 0 Å². The monoisotopic (exact) mass is 255 g/mol. The largest absolute Gasteiger partial charge is 0.377 e. The molecule has 1 aromatic rings. The average molecular weight is 256 g/mol. The zero-order valence-corrected chi connectivity index (χ0v) is 10.9.